The Morgan fingerprint density at radius 3 is 2.56 bits per heavy atom. The lowest BCUT2D eigenvalue weighted by molar-refractivity contribution is -0.131. The molecule has 140 valence electrons. The van der Waals surface area contributed by atoms with E-state index in [1.165, 1.54) is 41.8 Å². The second kappa shape index (κ2) is 8.27. The fourth-order valence-corrected chi connectivity index (χ4v) is 3.81. The van der Waals surface area contributed by atoms with E-state index in [0.717, 1.165) is 4.90 Å². The number of benzene rings is 1. The molecule has 3 rings (SSSR count). The second-order valence-electron chi connectivity index (χ2n) is 5.44. The summed E-state index contributed by atoms with van der Waals surface area (Å²) in [6.07, 6.45) is 1.33. The first-order valence-electron chi connectivity index (χ1n) is 7.69. The number of nitrogens with one attached hydrogen (secondary N) is 2. The van der Waals surface area contributed by atoms with Crippen LogP contribution in [0, 0.1) is 5.82 Å². The van der Waals surface area contributed by atoms with Gasteiger partial charge < -0.3 is 10.6 Å². The van der Waals surface area contributed by atoms with Crippen LogP contribution in [-0.4, -0.2) is 44.6 Å². The molecule has 11 heteroatoms. The number of thiazole rings is 1. The van der Waals surface area contributed by atoms with E-state index in [2.05, 4.69) is 15.6 Å². The highest BCUT2D eigenvalue weighted by Crippen LogP contribution is 2.29. The van der Waals surface area contributed by atoms with Crippen LogP contribution >= 0.6 is 23.1 Å². The molecule has 1 aliphatic heterocycles. The van der Waals surface area contributed by atoms with E-state index in [4.69, 9.17) is 0 Å². The minimum Gasteiger partial charge on any atom is -0.325 e. The number of imide groups is 1. The lowest BCUT2D eigenvalue weighted by atomic mass is 10.2. The minimum atomic E-state index is -0.893. The van der Waals surface area contributed by atoms with Gasteiger partial charge >= 0.3 is 0 Å². The normalized spacial score (nSPS) is 16.5. The van der Waals surface area contributed by atoms with Crippen LogP contribution in [0.15, 0.2) is 35.8 Å². The Labute approximate surface area is 161 Å². The number of carbonyl (C=O) groups is 4. The van der Waals surface area contributed by atoms with Crippen LogP contribution in [-0.2, 0) is 14.4 Å². The molecule has 0 aliphatic carbocycles. The number of hydrogen-bond donors (Lipinski definition) is 2. The Balaban J connectivity index is 1.54. The fourth-order valence-electron chi connectivity index (χ4n) is 2.27. The Hall–Kier alpha value is -2.79. The highest BCUT2D eigenvalue weighted by Gasteiger charge is 2.41. The molecule has 2 N–H and O–H groups in total. The molecule has 1 saturated heterocycles. The van der Waals surface area contributed by atoms with Crippen molar-refractivity contribution in [2.45, 2.75) is 11.7 Å². The largest absolute Gasteiger partial charge is 0.325 e. The third-order valence-electron chi connectivity index (χ3n) is 3.48. The SMILES string of the molecule is O=C(CN1C(=O)SC(CC(=O)Nc2nccs2)C1=O)Nc1ccc(F)cc1. The average Bonchev–Trinajstić information content (AvgIpc) is 3.21. The second-order valence-corrected chi connectivity index (χ2v) is 7.49. The maximum Gasteiger partial charge on any atom is 0.289 e. The van der Waals surface area contributed by atoms with E-state index >= 15 is 0 Å². The third kappa shape index (κ3) is 4.89. The van der Waals surface area contributed by atoms with Crippen molar-refractivity contribution in [2.24, 2.45) is 0 Å². The van der Waals surface area contributed by atoms with Crippen LogP contribution in [0.4, 0.5) is 20.0 Å². The predicted molar refractivity (Wildman–Crippen MR) is 98.9 cm³/mol. The van der Waals surface area contributed by atoms with Crippen LogP contribution in [0.25, 0.3) is 0 Å². The molecule has 0 radical (unpaired) electrons. The molecule has 1 aromatic carbocycles. The molecule has 0 saturated carbocycles. The molecule has 1 fully saturated rings. The standard InChI is InChI=1S/C16H13FN4O4S2/c17-9-1-3-10(4-2-9)19-13(23)8-21-14(24)11(27-16(21)25)7-12(22)20-15-18-5-6-26-15/h1-6,11H,7-8H2,(H,19,23)(H,18,20,22). The molecule has 0 bridgehead atoms. The first-order valence-corrected chi connectivity index (χ1v) is 9.45. The number of halogens is 1. The summed E-state index contributed by atoms with van der Waals surface area (Å²) in [5.74, 6) is -2.10. The number of anilines is 2. The van der Waals surface area contributed by atoms with Gasteiger partial charge in [-0.05, 0) is 24.3 Å². The number of nitrogens with zero attached hydrogens (tertiary/aromatic N) is 2. The minimum absolute atomic E-state index is 0.203. The van der Waals surface area contributed by atoms with Crippen molar-refractivity contribution in [3.8, 4) is 0 Å². The van der Waals surface area contributed by atoms with Crippen molar-refractivity contribution in [3.05, 3.63) is 41.7 Å². The molecule has 1 unspecified atom stereocenters. The molecular weight excluding hydrogens is 395 g/mol. The van der Waals surface area contributed by atoms with Gasteiger partial charge in [0.05, 0.1) is 0 Å². The summed E-state index contributed by atoms with van der Waals surface area (Å²) in [4.78, 5) is 53.1. The van der Waals surface area contributed by atoms with Crippen LogP contribution in [0.1, 0.15) is 6.42 Å². The van der Waals surface area contributed by atoms with E-state index in [-0.39, 0.29) is 6.42 Å². The lowest BCUT2D eigenvalue weighted by Crippen LogP contribution is -2.38. The number of aromatic nitrogens is 1. The molecule has 1 aromatic heterocycles. The summed E-state index contributed by atoms with van der Waals surface area (Å²) in [7, 11) is 0. The third-order valence-corrected chi connectivity index (χ3v) is 5.25. The van der Waals surface area contributed by atoms with Crippen molar-refractivity contribution in [3.63, 3.8) is 0 Å². The van der Waals surface area contributed by atoms with Crippen LogP contribution < -0.4 is 10.6 Å². The van der Waals surface area contributed by atoms with Gasteiger partial charge in [-0.2, -0.15) is 0 Å². The van der Waals surface area contributed by atoms with E-state index < -0.39 is 40.6 Å². The van der Waals surface area contributed by atoms with Crippen LogP contribution in [0.2, 0.25) is 0 Å². The van der Waals surface area contributed by atoms with Crippen molar-refractivity contribution < 1.29 is 23.6 Å². The number of thioether (sulfide) groups is 1. The van der Waals surface area contributed by atoms with E-state index in [9.17, 15) is 23.6 Å². The summed E-state index contributed by atoms with van der Waals surface area (Å²) < 4.78 is 12.9. The van der Waals surface area contributed by atoms with Gasteiger partial charge in [0.2, 0.25) is 17.7 Å². The summed E-state index contributed by atoms with van der Waals surface area (Å²) in [5, 5.41) is 5.62. The van der Waals surface area contributed by atoms with Gasteiger partial charge in [0.25, 0.3) is 5.24 Å². The van der Waals surface area contributed by atoms with Gasteiger partial charge in [-0.15, -0.1) is 11.3 Å². The average molecular weight is 408 g/mol. The number of carbonyl (C=O) groups excluding carboxylic acids is 4. The Morgan fingerprint density at radius 2 is 1.89 bits per heavy atom. The highest BCUT2D eigenvalue weighted by atomic mass is 32.2. The summed E-state index contributed by atoms with van der Waals surface area (Å²) >= 11 is 1.94. The molecule has 0 spiro atoms. The zero-order valence-electron chi connectivity index (χ0n) is 13.7. The van der Waals surface area contributed by atoms with Crippen LogP contribution in [0.3, 0.4) is 0 Å². The molecule has 4 amide bonds. The van der Waals surface area contributed by atoms with Crippen LogP contribution in [0.5, 0.6) is 0 Å². The summed E-state index contributed by atoms with van der Waals surface area (Å²) in [6, 6.07) is 5.08. The maximum atomic E-state index is 12.9. The summed E-state index contributed by atoms with van der Waals surface area (Å²) in [6.45, 7) is -0.480. The molecule has 2 heterocycles. The van der Waals surface area contributed by atoms with Gasteiger partial charge in [-0.25, -0.2) is 9.37 Å². The Morgan fingerprint density at radius 1 is 1.15 bits per heavy atom. The van der Waals surface area contributed by atoms with Gasteiger partial charge in [0.15, 0.2) is 5.13 Å². The van der Waals surface area contributed by atoms with Crippen molar-refractivity contribution in [1.82, 2.24) is 9.88 Å². The number of hydrogen-bond acceptors (Lipinski definition) is 7. The highest BCUT2D eigenvalue weighted by molar-refractivity contribution is 8.15. The quantitative estimate of drug-likeness (QED) is 0.759. The smallest absolute Gasteiger partial charge is 0.289 e. The maximum absolute atomic E-state index is 12.9. The first kappa shape index (κ1) is 19.0. The summed E-state index contributed by atoms with van der Waals surface area (Å²) in [5.41, 5.74) is 0.340. The van der Waals surface area contributed by atoms with Crippen molar-refractivity contribution in [1.29, 1.82) is 0 Å². The fraction of sp³-hybridized carbons (Fsp3) is 0.188. The molecular formula is C16H13FN4O4S2. The predicted octanol–water partition coefficient (Wildman–Crippen LogP) is 2.31. The van der Waals surface area contributed by atoms with Gasteiger partial charge in [0.1, 0.15) is 17.6 Å². The first-order chi connectivity index (χ1) is 12.9. The van der Waals surface area contributed by atoms with E-state index in [1.807, 2.05) is 0 Å². The topological polar surface area (TPSA) is 108 Å². The zero-order chi connectivity index (χ0) is 19.4. The van der Waals surface area contributed by atoms with Crippen molar-refractivity contribution >= 4 is 56.9 Å². The lowest BCUT2D eigenvalue weighted by Gasteiger charge is -2.13. The monoisotopic (exact) mass is 408 g/mol. The van der Waals surface area contributed by atoms with E-state index in [1.54, 1.807) is 5.38 Å². The van der Waals surface area contributed by atoms with E-state index in [0.29, 0.717) is 22.6 Å². The number of amides is 4. The number of rotatable bonds is 6. The van der Waals surface area contributed by atoms with Gasteiger partial charge in [0, 0.05) is 23.7 Å². The molecule has 1 aliphatic rings. The molecule has 27 heavy (non-hydrogen) atoms. The van der Waals surface area contributed by atoms with Crippen molar-refractivity contribution in [2.75, 3.05) is 17.2 Å². The van der Waals surface area contributed by atoms with Gasteiger partial charge in [-0.1, -0.05) is 11.8 Å². The zero-order valence-corrected chi connectivity index (χ0v) is 15.3. The Kier molecular flexibility index (Phi) is 5.81. The molecule has 8 nitrogen and oxygen atoms in total. The Bertz CT molecular complexity index is 873. The molecule has 2 aromatic rings. The van der Waals surface area contributed by atoms with Gasteiger partial charge in [-0.3, -0.25) is 24.1 Å². The molecule has 1 atom stereocenters.